The van der Waals surface area contributed by atoms with Gasteiger partial charge in [-0.3, -0.25) is 4.98 Å². The van der Waals surface area contributed by atoms with Crippen LogP contribution in [0.2, 0.25) is 0 Å². The fourth-order valence-corrected chi connectivity index (χ4v) is 3.86. The first-order valence-corrected chi connectivity index (χ1v) is 9.19. The Morgan fingerprint density at radius 3 is 2.67 bits per heavy atom. The Bertz CT molecular complexity index is 1440. The summed E-state index contributed by atoms with van der Waals surface area (Å²) in [5.74, 6) is -0.990. The molecule has 0 saturated carbocycles. The van der Waals surface area contributed by atoms with E-state index >= 15 is 0 Å². The number of hydrogen-bond donors (Lipinski definition) is 1. The monoisotopic (exact) mass is 571 g/mol. The summed E-state index contributed by atoms with van der Waals surface area (Å²) in [4.78, 5) is 18.6. The van der Waals surface area contributed by atoms with Crippen molar-refractivity contribution in [2.24, 2.45) is 7.05 Å². The number of carboxylic acids is 1. The SMILES string of the molecule is Cn1c2ccc[c-]c2c2nc3cccc4c3c(c21)C=C4.O=C(O)c1ccccn1.[Ir]. The van der Waals surface area contributed by atoms with Crippen molar-refractivity contribution in [3.8, 4) is 0 Å². The number of aromatic carboxylic acids is 1. The van der Waals surface area contributed by atoms with Gasteiger partial charge in [-0.15, -0.1) is 24.3 Å². The molecule has 0 atom stereocenters. The normalized spacial score (nSPS) is 11.4. The molecule has 30 heavy (non-hydrogen) atoms. The molecule has 3 heterocycles. The van der Waals surface area contributed by atoms with E-state index in [-0.39, 0.29) is 25.8 Å². The molecule has 2 aromatic carbocycles. The van der Waals surface area contributed by atoms with Crippen LogP contribution in [-0.2, 0) is 27.2 Å². The number of pyridine rings is 2. The average Bonchev–Trinajstić information content (AvgIpc) is 3.31. The van der Waals surface area contributed by atoms with Gasteiger partial charge in [-0.1, -0.05) is 35.7 Å². The van der Waals surface area contributed by atoms with Crippen molar-refractivity contribution in [1.29, 1.82) is 0 Å². The Kier molecular flexibility index (Phi) is 5.20. The second-order valence-electron chi connectivity index (χ2n) is 6.81. The van der Waals surface area contributed by atoms with Crippen LogP contribution in [0.4, 0.5) is 0 Å². The van der Waals surface area contributed by atoms with E-state index in [1.54, 1.807) is 12.1 Å². The average molecular weight is 571 g/mol. The fraction of sp³-hybridized carbons (Fsp3) is 0.0417. The van der Waals surface area contributed by atoms with E-state index in [0.717, 1.165) is 16.4 Å². The van der Waals surface area contributed by atoms with Crippen molar-refractivity contribution in [3.63, 3.8) is 0 Å². The number of aromatic nitrogens is 3. The second-order valence-corrected chi connectivity index (χ2v) is 6.81. The molecule has 0 saturated heterocycles. The van der Waals surface area contributed by atoms with Crippen molar-refractivity contribution >= 4 is 51.0 Å². The number of aryl methyl sites for hydroxylation is 1. The molecule has 0 bridgehead atoms. The zero-order valence-electron chi connectivity index (χ0n) is 16.0. The number of hydrogen-bond acceptors (Lipinski definition) is 3. The summed E-state index contributed by atoms with van der Waals surface area (Å²) < 4.78 is 2.23. The van der Waals surface area contributed by atoms with Crippen molar-refractivity contribution in [1.82, 2.24) is 14.5 Å². The largest absolute Gasteiger partial charge is 0.477 e. The summed E-state index contributed by atoms with van der Waals surface area (Å²) in [6.07, 6.45) is 5.84. The Morgan fingerprint density at radius 2 is 1.93 bits per heavy atom. The first kappa shape index (κ1) is 20.0. The molecule has 0 fully saturated rings. The van der Waals surface area contributed by atoms with E-state index in [0.29, 0.717) is 0 Å². The third kappa shape index (κ3) is 3.11. The number of rotatable bonds is 1. The molecular formula is C24H16IrN3O2-. The van der Waals surface area contributed by atoms with Gasteiger partial charge >= 0.3 is 5.97 Å². The predicted octanol–water partition coefficient (Wildman–Crippen LogP) is 4.94. The second kappa shape index (κ2) is 7.82. The molecule has 0 aliphatic heterocycles. The Labute approximate surface area is 186 Å². The molecule has 1 radical (unpaired) electrons. The minimum Gasteiger partial charge on any atom is -0.477 e. The minimum atomic E-state index is -0.990. The number of benzene rings is 2. The summed E-state index contributed by atoms with van der Waals surface area (Å²) in [5, 5.41) is 10.7. The van der Waals surface area contributed by atoms with Crippen LogP contribution < -0.4 is 0 Å². The smallest absolute Gasteiger partial charge is 0.354 e. The summed E-state index contributed by atoms with van der Waals surface area (Å²) >= 11 is 0. The Morgan fingerprint density at radius 1 is 1.07 bits per heavy atom. The van der Waals surface area contributed by atoms with Gasteiger partial charge in [0.15, 0.2) is 0 Å². The summed E-state index contributed by atoms with van der Waals surface area (Å²) in [5.41, 5.74) is 7.14. The van der Waals surface area contributed by atoms with Gasteiger partial charge in [0.25, 0.3) is 0 Å². The van der Waals surface area contributed by atoms with Crippen molar-refractivity contribution in [2.45, 2.75) is 0 Å². The van der Waals surface area contributed by atoms with E-state index in [1.165, 1.54) is 39.8 Å². The van der Waals surface area contributed by atoms with Crippen molar-refractivity contribution in [2.75, 3.05) is 0 Å². The summed E-state index contributed by atoms with van der Waals surface area (Å²) in [7, 11) is 2.11. The number of fused-ring (bicyclic) bond motifs is 4. The molecular weight excluding hydrogens is 555 g/mol. The third-order valence-electron chi connectivity index (χ3n) is 5.14. The van der Waals surface area contributed by atoms with Gasteiger partial charge in [0.1, 0.15) is 5.69 Å². The van der Waals surface area contributed by atoms with Crippen LogP contribution in [-0.4, -0.2) is 25.6 Å². The quantitative estimate of drug-likeness (QED) is 0.285. The van der Waals surface area contributed by atoms with Crippen LogP contribution in [0.25, 0.3) is 45.0 Å². The molecule has 1 aliphatic carbocycles. The van der Waals surface area contributed by atoms with Gasteiger partial charge in [-0.05, 0) is 34.8 Å². The van der Waals surface area contributed by atoms with Crippen LogP contribution in [0.5, 0.6) is 0 Å². The van der Waals surface area contributed by atoms with Crippen molar-refractivity contribution in [3.05, 3.63) is 83.7 Å². The van der Waals surface area contributed by atoms with E-state index in [2.05, 4.69) is 59.1 Å². The van der Waals surface area contributed by atoms with Gasteiger partial charge in [0.2, 0.25) is 0 Å². The van der Waals surface area contributed by atoms with Crippen LogP contribution in [0.1, 0.15) is 21.6 Å². The van der Waals surface area contributed by atoms with E-state index in [9.17, 15) is 4.79 Å². The first-order chi connectivity index (χ1) is 14.1. The molecule has 5 aromatic rings. The predicted molar refractivity (Wildman–Crippen MR) is 115 cm³/mol. The first-order valence-electron chi connectivity index (χ1n) is 9.19. The molecule has 0 amide bonds. The Hall–Kier alpha value is -3.34. The summed E-state index contributed by atoms with van der Waals surface area (Å²) in [6.45, 7) is 0. The molecule has 3 aromatic heterocycles. The molecule has 6 rings (SSSR count). The molecule has 6 heteroatoms. The maximum Gasteiger partial charge on any atom is 0.354 e. The molecule has 1 N–H and O–H groups in total. The van der Waals surface area contributed by atoms with Crippen LogP contribution in [0.15, 0.2) is 60.8 Å². The number of nitrogens with zero attached hydrogens (tertiary/aromatic N) is 3. The van der Waals surface area contributed by atoms with E-state index in [4.69, 9.17) is 10.1 Å². The summed E-state index contributed by atoms with van der Waals surface area (Å²) in [6, 6.07) is 20.5. The standard InChI is InChI=1S/C18H11N2.C6H5NO2.Ir/c1-20-15-8-3-2-6-12(15)17-18(20)13-10-9-11-5-4-7-14(19-17)16(11)13;8-6(9)5-3-1-2-4-7-5;/h2-5,7-10H,1H3;1-4H,(H,8,9);/q-1;;. The van der Waals surface area contributed by atoms with E-state index < -0.39 is 5.97 Å². The van der Waals surface area contributed by atoms with Crippen LogP contribution >= 0.6 is 0 Å². The molecule has 1 aliphatic rings. The van der Waals surface area contributed by atoms with Crippen LogP contribution in [0.3, 0.4) is 0 Å². The third-order valence-corrected chi connectivity index (χ3v) is 5.14. The van der Waals surface area contributed by atoms with Crippen molar-refractivity contribution < 1.29 is 30.0 Å². The van der Waals surface area contributed by atoms with Gasteiger partial charge in [-0.25, -0.2) is 9.78 Å². The number of carboxylic acid groups (broad SMARTS) is 1. The maximum atomic E-state index is 10.1. The topological polar surface area (TPSA) is 68.0 Å². The minimum absolute atomic E-state index is 0. The molecule has 0 spiro atoms. The molecule has 5 nitrogen and oxygen atoms in total. The fourth-order valence-electron chi connectivity index (χ4n) is 3.86. The van der Waals surface area contributed by atoms with Gasteiger partial charge < -0.3 is 9.67 Å². The zero-order valence-corrected chi connectivity index (χ0v) is 18.4. The van der Waals surface area contributed by atoms with E-state index in [1.807, 2.05) is 12.1 Å². The molecule has 0 unspecified atom stereocenters. The van der Waals surface area contributed by atoms with Gasteiger partial charge in [-0.2, -0.15) is 0 Å². The molecule has 149 valence electrons. The van der Waals surface area contributed by atoms with Gasteiger partial charge in [0, 0.05) is 49.8 Å². The van der Waals surface area contributed by atoms with Crippen LogP contribution in [0, 0.1) is 6.07 Å². The Balaban J connectivity index is 0.000000187. The number of carbonyl (C=O) groups is 1. The van der Waals surface area contributed by atoms with Gasteiger partial charge in [0.05, 0.1) is 5.52 Å². The zero-order chi connectivity index (χ0) is 20.0. The maximum absolute atomic E-state index is 10.1.